The van der Waals surface area contributed by atoms with Crippen molar-refractivity contribution in [3.05, 3.63) is 44.0 Å². The Bertz CT molecular complexity index is 1420. The van der Waals surface area contributed by atoms with Gasteiger partial charge in [-0.05, 0) is 96.7 Å². The highest BCUT2D eigenvalue weighted by atomic mass is 127. The molecule has 1 amide bonds. The molecule has 2 N–H and O–H groups in total. The lowest BCUT2D eigenvalue weighted by Crippen LogP contribution is -2.48. The largest absolute Gasteiger partial charge is 0.465 e. The molecule has 12 heteroatoms. The van der Waals surface area contributed by atoms with Crippen molar-refractivity contribution in [1.29, 1.82) is 0 Å². The van der Waals surface area contributed by atoms with Crippen molar-refractivity contribution in [2.75, 3.05) is 24.6 Å². The average Bonchev–Trinajstić information content (AvgIpc) is 3.25. The molecule has 1 aliphatic carbocycles. The maximum Gasteiger partial charge on any atom is 0.405 e. The van der Waals surface area contributed by atoms with E-state index in [4.69, 9.17) is 21.3 Å². The van der Waals surface area contributed by atoms with Gasteiger partial charge in [0, 0.05) is 25.0 Å². The van der Waals surface area contributed by atoms with Crippen molar-refractivity contribution in [2.45, 2.75) is 63.6 Å². The van der Waals surface area contributed by atoms with Gasteiger partial charge in [0.15, 0.2) is 26.5 Å². The van der Waals surface area contributed by atoms with E-state index in [0.717, 1.165) is 40.5 Å². The van der Waals surface area contributed by atoms with Crippen LogP contribution in [0.3, 0.4) is 0 Å². The molecule has 202 valence electrons. The molecule has 3 aliphatic rings. The summed E-state index contributed by atoms with van der Waals surface area (Å²) in [6.07, 6.45) is 2.80. The molecule has 0 bridgehead atoms. The molecule has 1 aromatic carbocycles. The number of amides is 1. The first-order chi connectivity index (χ1) is 18.1. The molecule has 38 heavy (non-hydrogen) atoms. The fourth-order valence-corrected chi connectivity index (χ4v) is 7.31. The van der Waals surface area contributed by atoms with Crippen LogP contribution < -0.4 is 10.2 Å². The number of hydrogen-bond donors (Lipinski definition) is 2. The van der Waals surface area contributed by atoms with Gasteiger partial charge < -0.3 is 20.1 Å². The van der Waals surface area contributed by atoms with Gasteiger partial charge in [0.05, 0.1) is 6.61 Å². The Labute approximate surface area is 238 Å². The van der Waals surface area contributed by atoms with Gasteiger partial charge in [-0.1, -0.05) is 17.7 Å². The van der Waals surface area contributed by atoms with E-state index >= 15 is 0 Å². The van der Waals surface area contributed by atoms with Crippen LogP contribution >= 0.6 is 34.2 Å². The summed E-state index contributed by atoms with van der Waals surface area (Å²) >= 11 is 8.81. The first kappa shape index (κ1) is 26.0. The van der Waals surface area contributed by atoms with Gasteiger partial charge in [0.25, 0.3) is 0 Å². The Kier molecular flexibility index (Phi) is 6.46. The minimum absolute atomic E-state index is 0.102. The number of halogens is 3. The standard InChI is InChI=1S/C26H29ClFIN6O3/c1-25(2,32-24(36)37)13-17-16-4-3-15(28)11-14(16)12-26(17)6-8-34(9-7-26)23-20(27)30-19-21(29)33-35(22(19)31-23)18-5-10-38-18/h3-4,11,17-18,32H,5-10,12-13H2,1-2H3,(H,36,37)/t17-,18?/m1/s1. The molecule has 3 aromatic rings. The van der Waals surface area contributed by atoms with Crippen LogP contribution in [-0.2, 0) is 11.2 Å². The third-order valence-corrected chi connectivity index (χ3v) is 9.33. The molecule has 2 aliphatic heterocycles. The molecule has 1 unspecified atom stereocenters. The molecule has 2 aromatic heterocycles. The summed E-state index contributed by atoms with van der Waals surface area (Å²) < 4.78 is 22.4. The smallest absolute Gasteiger partial charge is 0.405 e. The highest BCUT2D eigenvalue weighted by molar-refractivity contribution is 14.1. The average molecular weight is 655 g/mol. The Morgan fingerprint density at radius 3 is 2.74 bits per heavy atom. The first-order valence-corrected chi connectivity index (χ1v) is 14.3. The number of nitrogens with zero attached hydrogens (tertiary/aromatic N) is 5. The summed E-state index contributed by atoms with van der Waals surface area (Å²) in [7, 11) is 0. The second-order valence-corrected chi connectivity index (χ2v) is 12.7. The van der Waals surface area contributed by atoms with Crippen LogP contribution in [0.25, 0.3) is 11.2 Å². The lowest BCUT2D eigenvalue weighted by molar-refractivity contribution is -0.104. The Morgan fingerprint density at radius 1 is 1.34 bits per heavy atom. The van der Waals surface area contributed by atoms with Crippen LogP contribution in [0.15, 0.2) is 18.2 Å². The molecule has 2 fully saturated rings. The second kappa shape index (κ2) is 9.44. The van der Waals surface area contributed by atoms with Crippen molar-refractivity contribution in [1.82, 2.24) is 25.1 Å². The van der Waals surface area contributed by atoms with Gasteiger partial charge in [-0.3, -0.25) is 0 Å². The molecule has 6 rings (SSSR count). The Hall–Kier alpha value is -2.25. The zero-order valence-corrected chi connectivity index (χ0v) is 24.1. The summed E-state index contributed by atoms with van der Waals surface area (Å²) in [4.78, 5) is 23.2. The third kappa shape index (κ3) is 4.49. The SMILES string of the molecule is CC(C)(C[C@@H]1c2ccc(F)cc2CC12CCN(c1nc3c(nc1Cl)c(I)nn3C1CCO1)CC2)NC(=O)O. The maximum atomic E-state index is 14.2. The molecule has 2 saturated heterocycles. The van der Waals surface area contributed by atoms with Crippen molar-refractivity contribution in [3.63, 3.8) is 0 Å². The van der Waals surface area contributed by atoms with E-state index < -0.39 is 11.6 Å². The Balaban J connectivity index is 1.29. The van der Waals surface area contributed by atoms with E-state index in [-0.39, 0.29) is 23.4 Å². The van der Waals surface area contributed by atoms with Crippen molar-refractivity contribution in [2.24, 2.45) is 5.41 Å². The highest BCUT2D eigenvalue weighted by Gasteiger charge is 2.49. The monoisotopic (exact) mass is 654 g/mol. The quantitative estimate of drug-likeness (QED) is 0.350. The van der Waals surface area contributed by atoms with Crippen molar-refractivity contribution < 1.29 is 19.0 Å². The summed E-state index contributed by atoms with van der Waals surface area (Å²) in [5, 5.41) is 17.0. The molecular weight excluding hydrogens is 626 g/mol. The number of ether oxygens (including phenoxy) is 1. The highest BCUT2D eigenvalue weighted by Crippen LogP contribution is 2.56. The van der Waals surface area contributed by atoms with Crippen LogP contribution in [0, 0.1) is 14.9 Å². The van der Waals surface area contributed by atoms with Gasteiger partial charge in [-0.15, -0.1) is 0 Å². The normalized spacial score (nSPS) is 22.5. The van der Waals surface area contributed by atoms with E-state index in [0.29, 0.717) is 48.3 Å². The van der Waals surface area contributed by atoms with E-state index in [1.807, 2.05) is 19.9 Å². The lowest BCUT2D eigenvalue weighted by atomic mass is 9.66. The van der Waals surface area contributed by atoms with Crippen molar-refractivity contribution >= 4 is 57.3 Å². The fraction of sp³-hybridized carbons (Fsp3) is 0.538. The maximum absolute atomic E-state index is 14.2. The van der Waals surface area contributed by atoms with E-state index in [2.05, 4.69) is 42.9 Å². The van der Waals surface area contributed by atoms with Gasteiger partial charge in [0.1, 0.15) is 11.3 Å². The predicted molar refractivity (Wildman–Crippen MR) is 149 cm³/mol. The number of benzene rings is 1. The van der Waals surface area contributed by atoms with Crippen LogP contribution in [0.4, 0.5) is 15.0 Å². The predicted octanol–water partition coefficient (Wildman–Crippen LogP) is 5.51. The van der Waals surface area contributed by atoms with E-state index in [1.54, 1.807) is 10.7 Å². The first-order valence-electron chi connectivity index (χ1n) is 12.8. The molecule has 4 heterocycles. The number of anilines is 1. The number of nitrogens with one attached hydrogen (secondary N) is 1. The van der Waals surface area contributed by atoms with Crippen LogP contribution in [0.1, 0.15) is 62.8 Å². The minimum Gasteiger partial charge on any atom is -0.465 e. The molecule has 0 radical (unpaired) electrons. The van der Waals surface area contributed by atoms with Gasteiger partial charge in [-0.2, -0.15) is 5.10 Å². The number of carboxylic acid groups (broad SMARTS) is 1. The van der Waals surface area contributed by atoms with Gasteiger partial charge in [0.2, 0.25) is 0 Å². The van der Waals surface area contributed by atoms with Gasteiger partial charge >= 0.3 is 6.09 Å². The van der Waals surface area contributed by atoms with Gasteiger partial charge in [-0.25, -0.2) is 23.8 Å². The number of piperidine rings is 1. The number of rotatable bonds is 5. The number of carbonyl (C=O) groups is 1. The molecule has 1 spiro atoms. The fourth-order valence-electron chi connectivity index (χ4n) is 6.47. The van der Waals surface area contributed by atoms with Crippen molar-refractivity contribution in [3.8, 4) is 0 Å². The number of hydrogen-bond acceptors (Lipinski definition) is 6. The zero-order valence-electron chi connectivity index (χ0n) is 21.2. The topological polar surface area (TPSA) is 105 Å². The van der Waals surface area contributed by atoms with E-state index in [1.165, 1.54) is 6.07 Å². The minimum atomic E-state index is -1.04. The van der Waals surface area contributed by atoms with E-state index in [9.17, 15) is 14.3 Å². The van der Waals surface area contributed by atoms with Crippen LogP contribution in [0.5, 0.6) is 0 Å². The number of fused-ring (bicyclic) bond motifs is 2. The summed E-state index contributed by atoms with van der Waals surface area (Å²) in [6.45, 7) is 5.95. The zero-order chi connectivity index (χ0) is 26.8. The van der Waals surface area contributed by atoms with Crippen LogP contribution in [-0.4, -0.2) is 56.2 Å². The molecule has 2 atom stereocenters. The molecular formula is C26H29ClFIN6O3. The third-order valence-electron chi connectivity index (χ3n) is 8.35. The Morgan fingerprint density at radius 2 is 2.08 bits per heavy atom. The summed E-state index contributed by atoms with van der Waals surface area (Å²) in [6, 6.07) is 5.04. The number of aromatic nitrogens is 4. The second-order valence-electron chi connectivity index (χ2n) is 11.3. The summed E-state index contributed by atoms with van der Waals surface area (Å²) in [5.41, 5.74) is 2.75. The van der Waals surface area contributed by atoms with Crippen LogP contribution in [0.2, 0.25) is 5.15 Å². The lowest BCUT2D eigenvalue weighted by Gasteiger charge is -2.45. The summed E-state index contributed by atoms with van der Waals surface area (Å²) in [5.74, 6) is 0.499. The molecule has 9 nitrogen and oxygen atoms in total. The molecule has 0 saturated carbocycles.